The van der Waals surface area contributed by atoms with Crippen LogP contribution >= 0.6 is 0 Å². The molecule has 138 valence electrons. The number of aromatic nitrogens is 2. The summed E-state index contributed by atoms with van der Waals surface area (Å²) in [7, 11) is 1.52. The van der Waals surface area contributed by atoms with E-state index in [4.69, 9.17) is 14.2 Å². The zero-order valence-corrected chi connectivity index (χ0v) is 15.1. The molecule has 1 aromatic carbocycles. The van der Waals surface area contributed by atoms with Crippen LogP contribution in [0.25, 0.3) is 0 Å². The van der Waals surface area contributed by atoms with Crippen molar-refractivity contribution in [3.8, 4) is 17.5 Å². The van der Waals surface area contributed by atoms with Crippen molar-refractivity contribution in [1.29, 1.82) is 0 Å². The number of hydrogen-bond acceptors (Lipinski definition) is 6. The van der Waals surface area contributed by atoms with Gasteiger partial charge in [0.1, 0.15) is 11.9 Å². The van der Waals surface area contributed by atoms with Gasteiger partial charge in [0.15, 0.2) is 6.61 Å². The molecule has 3 rings (SSSR count). The van der Waals surface area contributed by atoms with E-state index in [0.29, 0.717) is 30.6 Å². The smallest absolute Gasteiger partial charge is 0.278 e. The highest BCUT2D eigenvalue weighted by Gasteiger charge is 2.26. The third-order valence-corrected chi connectivity index (χ3v) is 4.22. The molecule has 0 spiro atoms. The molecule has 0 N–H and O–H groups in total. The highest BCUT2D eigenvalue weighted by atomic mass is 16.5. The number of piperidine rings is 1. The van der Waals surface area contributed by atoms with Crippen LogP contribution in [0.4, 0.5) is 0 Å². The molecule has 1 saturated heterocycles. The average Bonchev–Trinajstić information content (AvgIpc) is 2.68. The fourth-order valence-electron chi connectivity index (χ4n) is 2.82. The molecule has 0 saturated carbocycles. The highest BCUT2D eigenvalue weighted by molar-refractivity contribution is 5.77. The van der Waals surface area contributed by atoms with Crippen LogP contribution in [-0.2, 0) is 4.79 Å². The third kappa shape index (κ3) is 4.62. The lowest BCUT2D eigenvalue weighted by Gasteiger charge is -2.32. The van der Waals surface area contributed by atoms with Crippen LogP contribution in [0.2, 0.25) is 0 Å². The van der Waals surface area contributed by atoms with Gasteiger partial charge in [-0.25, -0.2) is 9.97 Å². The quantitative estimate of drug-likeness (QED) is 0.789. The van der Waals surface area contributed by atoms with Gasteiger partial charge >= 0.3 is 0 Å². The molecule has 0 aliphatic carbocycles. The van der Waals surface area contributed by atoms with Gasteiger partial charge in [0.2, 0.25) is 0 Å². The number of carbonyl (C=O) groups is 1. The first-order valence-corrected chi connectivity index (χ1v) is 8.64. The van der Waals surface area contributed by atoms with E-state index in [-0.39, 0.29) is 18.6 Å². The summed E-state index contributed by atoms with van der Waals surface area (Å²) in [5.41, 5.74) is 1.15. The molecule has 1 amide bonds. The largest absolute Gasteiger partial charge is 0.484 e. The van der Waals surface area contributed by atoms with E-state index >= 15 is 0 Å². The van der Waals surface area contributed by atoms with Crippen molar-refractivity contribution < 1.29 is 19.0 Å². The van der Waals surface area contributed by atoms with Gasteiger partial charge in [-0.2, -0.15) is 0 Å². The Labute approximate surface area is 152 Å². The molecule has 7 heteroatoms. The molecular formula is C19H23N3O4. The molecule has 1 fully saturated rings. The maximum Gasteiger partial charge on any atom is 0.278 e. The van der Waals surface area contributed by atoms with Gasteiger partial charge < -0.3 is 19.1 Å². The monoisotopic (exact) mass is 357 g/mol. The summed E-state index contributed by atoms with van der Waals surface area (Å²) in [6.45, 7) is 3.22. The van der Waals surface area contributed by atoms with Crippen molar-refractivity contribution in [3.63, 3.8) is 0 Å². The van der Waals surface area contributed by atoms with Crippen LogP contribution in [0.5, 0.6) is 17.5 Å². The number of methoxy groups -OCH3 is 1. The number of rotatable bonds is 6. The zero-order chi connectivity index (χ0) is 18.4. The number of nitrogens with zero attached hydrogens (tertiary/aromatic N) is 3. The second kappa shape index (κ2) is 8.51. The second-order valence-corrected chi connectivity index (χ2v) is 6.19. The minimum atomic E-state index is -0.141. The topological polar surface area (TPSA) is 73.8 Å². The average molecular weight is 357 g/mol. The first-order valence-electron chi connectivity index (χ1n) is 8.64. The molecule has 7 nitrogen and oxygen atoms in total. The second-order valence-electron chi connectivity index (χ2n) is 6.19. The summed E-state index contributed by atoms with van der Waals surface area (Å²) in [6.07, 6.45) is 4.67. The molecule has 1 aliphatic heterocycles. The zero-order valence-electron chi connectivity index (χ0n) is 15.1. The van der Waals surface area contributed by atoms with E-state index in [1.807, 2.05) is 31.2 Å². The Hall–Kier alpha value is -2.83. The van der Waals surface area contributed by atoms with E-state index in [2.05, 4.69) is 9.97 Å². The molecule has 1 unspecified atom stereocenters. The van der Waals surface area contributed by atoms with Crippen molar-refractivity contribution in [1.82, 2.24) is 14.9 Å². The number of likely N-dealkylation sites (tertiary alicyclic amines) is 1. The third-order valence-electron chi connectivity index (χ3n) is 4.22. The number of benzene rings is 1. The minimum Gasteiger partial charge on any atom is -0.484 e. The Kier molecular flexibility index (Phi) is 5.88. The Morgan fingerprint density at radius 2 is 1.92 bits per heavy atom. The van der Waals surface area contributed by atoms with Crippen LogP contribution in [0.3, 0.4) is 0 Å². The van der Waals surface area contributed by atoms with Crippen molar-refractivity contribution in [2.24, 2.45) is 0 Å². The summed E-state index contributed by atoms with van der Waals surface area (Å²) in [6, 6.07) is 7.65. The molecule has 2 aromatic rings. The van der Waals surface area contributed by atoms with E-state index in [1.54, 1.807) is 17.3 Å². The fourth-order valence-corrected chi connectivity index (χ4v) is 2.82. The molecule has 2 heterocycles. The van der Waals surface area contributed by atoms with Gasteiger partial charge in [0.05, 0.1) is 13.7 Å². The van der Waals surface area contributed by atoms with E-state index in [0.717, 1.165) is 18.4 Å². The van der Waals surface area contributed by atoms with Crippen molar-refractivity contribution in [2.45, 2.75) is 25.9 Å². The first-order chi connectivity index (χ1) is 12.7. The van der Waals surface area contributed by atoms with Crippen LogP contribution in [0.1, 0.15) is 18.4 Å². The first kappa shape index (κ1) is 18.0. The van der Waals surface area contributed by atoms with Gasteiger partial charge in [0.25, 0.3) is 17.7 Å². The molecule has 1 atom stereocenters. The normalized spacial score (nSPS) is 16.8. The van der Waals surface area contributed by atoms with Crippen molar-refractivity contribution >= 4 is 5.91 Å². The number of amides is 1. The van der Waals surface area contributed by atoms with Crippen molar-refractivity contribution in [3.05, 3.63) is 42.2 Å². The summed E-state index contributed by atoms with van der Waals surface area (Å²) >= 11 is 0. The van der Waals surface area contributed by atoms with Gasteiger partial charge in [-0.15, -0.1) is 0 Å². The predicted molar refractivity (Wildman–Crippen MR) is 95.5 cm³/mol. The predicted octanol–water partition coefficient (Wildman–Crippen LogP) is 2.24. The Balaban J connectivity index is 1.54. The van der Waals surface area contributed by atoms with E-state index < -0.39 is 0 Å². The van der Waals surface area contributed by atoms with Gasteiger partial charge in [0, 0.05) is 18.9 Å². The Morgan fingerprint density at radius 3 is 2.65 bits per heavy atom. The number of hydrogen-bond donors (Lipinski definition) is 0. The lowest BCUT2D eigenvalue weighted by Crippen LogP contribution is -2.46. The Bertz CT molecular complexity index is 736. The summed E-state index contributed by atoms with van der Waals surface area (Å²) in [5.74, 6) is 1.34. The minimum absolute atomic E-state index is 0.0181. The number of ether oxygens (including phenoxy) is 3. The molecular weight excluding hydrogens is 334 g/mol. The summed E-state index contributed by atoms with van der Waals surface area (Å²) < 4.78 is 16.6. The molecule has 0 bridgehead atoms. The SMILES string of the molecule is COc1nccnc1OC1CCCN(C(=O)COc2ccc(C)cc2)C1. The van der Waals surface area contributed by atoms with Gasteiger partial charge in [-0.3, -0.25) is 4.79 Å². The number of aryl methyl sites for hydroxylation is 1. The molecule has 1 aliphatic rings. The molecule has 0 radical (unpaired) electrons. The standard InChI is InChI=1S/C19H23N3O4/c1-14-5-7-15(8-6-14)25-13-17(23)22-11-3-4-16(12-22)26-19-18(24-2)20-9-10-21-19/h5-10,16H,3-4,11-13H2,1-2H3. The van der Waals surface area contributed by atoms with Crippen molar-refractivity contribution in [2.75, 3.05) is 26.8 Å². The lowest BCUT2D eigenvalue weighted by molar-refractivity contribution is -0.136. The molecule has 26 heavy (non-hydrogen) atoms. The maximum atomic E-state index is 12.5. The number of carbonyl (C=O) groups excluding carboxylic acids is 1. The molecule has 1 aromatic heterocycles. The summed E-state index contributed by atoms with van der Waals surface area (Å²) in [5, 5.41) is 0. The highest BCUT2D eigenvalue weighted by Crippen LogP contribution is 2.24. The van der Waals surface area contributed by atoms with Gasteiger partial charge in [-0.1, -0.05) is 17.7 Å². The fraction of sp³-hybridized carbons (Fsp3) is 0.421. The maximum absolute atomic E-state index is 12.5. The van der Waals surface area contributed by atoms with Crippen LogP contribution in [0.15, 0.2) is 36.7 Å². The van der Waals surface area contributed by atoms with Gasteiger partial charge in [-0.05, 0) is 31.9 Å². The van der Waals surface area contributed by atoms with Crippen LogP contribution in [0, 0.1) is 6.92 Å². The van der Waals surface area contributed by atoms with Crippen LogP contribution < -0.4 is 14.2 Å². The van der Waals surface area contributed by atoms with E-state index in [9.17, 15) is 4.79 Å². The summed E-state index contributed by atoms with van der Waals surface area (Å²) in [4.78, 5) is 22.5. The van der Waals surface area contributed by atoms with Crippen LogP contribution in [-0.4, -0.2) is 53.7 Å². The Morgan fingerprint density at radius 1 is 1.19 bits per heavy atom. The lowest BCUT2D eigenvalue weighted by atomic mass is 10.1. The van der Waals surface area contributed by atoms with E-state index in [1.165, 1.54) is 7.11 Å².